The van der Waals surface area contributed by atoms with Gasteiger partial charge in [-0.25, -0.2) is 8.42 Å². The molecule has 0 saturated heterocycles. The van der Waals surface area contributed by atoms with Crippen LogP contribution in [0.3, 0.4) is 0 Å². The lowest BCUT2D eigenvalue weighted by atomic mass is 10.3. The summed E-state index contributed by atoms with van der Waals surface area (Å²) in [4.78, 5) is 0.0757. The second kappa shape index (κ2) is 5.38. The predicted molar refractivity (Wildman–Crippen MR) is 85.1 cm³/mol. The SMILES string of the molecule is Cc1[nH]nc(NS(=O)(=O)c2c(Br)cc(N)cc2Br)c1C. The summed E-state index contributed by atoms with van der Waals surface area (Å²) in [5.41, 5.74) is 7.66. The number of H-pyrrole nitrogens is 1. The molecule has 1 heterocycles. The van der Waals surface area contributed by atoms with Gasteiger partial charge in [-0.2, -0.15) is 5.10 Å². The molecule has 0 atom stereocenters. The van der Waals surface area contributed by atoms with E-state index in [1.54, 1.807) is 6.92 Å². The van der Waals surface area contributed by atoms with Crippen LogP contribution in [0.15, 0.2) is 26.0 Å². The van der Waals surface area contributed by atoms with E-state index in [1.807, 2.05) is 6.92 Å². The molecule has 0 fully saturated rings. The molecule has 0 spiro atoms. The van der Waals surface area contributed by atoms with Crippen molar-refractivity contribution < 1.29 is 8.42 Å². The quantitative estimate of drug-likeness (QED) is 0.660. The maximum atomic E-state index is 12.5. The molecule has 0 bridgehead atoms. The van der Waals surface area contributed by atoms with E-state index in [4.69, 9.17) is 5.73 Å². The van der Waals surface area contributed by atoms with E-state index in [0.29, 0.717) is 14.6 Å². The summed E-state index contributed by atoms with van der Waals surface area (Å²) < 4.78 is 28.1. The summed E-state index contributed by atoms with van der Waals surface area (Å²) in [5.74, 6) is 0.276. The molecule has 6 nitrogen and oxygen atoms in total. The van der Waals surface area contributed by atoms with Gasteiger partial charge in [0.2, 0.25) is 0 Å². The molecule has 2 aromatic rings. The fourth-order valence-corrected chi connectivity index (χ4v) is 5.29. The molecule has 0 saturated carbocycles. The third-order valence-electron chi connectivity index (χ3n) is 2.77. The number of hydrogen-bond acceptors (Lipinski definition) is 4. The molecule has 9 heteroatoms. The number of sulfonamides is 1. The first-order chi connectivity index (χ1) is 9.22. The van der Waals surface area contributed by atoms with Crippen LogP contribution in [0.4, 0.5) is 11.5 Å². The Morgan fingerprint density at radius 1 is 1.25 bits per heavy atom. The fraction of sp³-hybridized carbons (Fsp3) is 0.182. The van der Waals surface area contributed by atoms with E-state index in [1.165, 1.54) is 12.1 Å². The fourth-order valence-electron chi connectivity index (χ4n) is 1.60. The molecule has 4 N–H and O–H groups in total. The predicted octanol–water partition coefficient (Wildman–Crippen LogP) is 2.93. The van der Waals surface area contributed by atoms with Crippen molar-refractivity contribution in [1.29, 1.82) is 0 Å². The summed E-state index contributed by atoms with van der Waals surface area (Å²) in [6.07, 6.45) is 0. The van der Waals surface area contributed by atoms with Crippen LogP contribution in [0.2, 0.25) is 0 Å². The average Bonchev–Trinajstić information content (AvgIpc) is 2.58. The average molecular weight is 424 g/mol. The molecular weight excluding hydrogens is 412 g/mol. The number of aromatic nitrogens is 2. The highest BCUT2D eigenvalue weighted by Gasteiger charge is 2.23. The summed E-state index contributed by atoms with van der Waals surface area (Å²) >= 11 is 6.43. The van der Waals surface area contributed by atoms with Crippen LogP contribution in [0.25, 0.3) is 0 Å². The summed E-state index contributed by atoms with van der Waals surface area (Å²) in [6, 6.07) is 3.06. The van der Waals surface area contributed by atoms with Gasteiger partial charge in [-0.3, -0.25) is 9.82 Å². The first-order valence-corrected chi connectivity index (χ1v) is 8.58. The van der Waals surface area contributed by atoms with Gasteiger partial charge in [0.05, 0.1) is 0 Å². The first kappa shape index (κ1) is 15.3. The van der Waals surface area contributed by atoms with E-state index in [0.717, 1.165) is 11.3 Å². The molecule has 2 rings (SSSR count). The van der Waals surface area contributed by atoms with Crippen molar-refractivity contribution in [1.82, 2.24) is 10.2 Å². The molecule has 20 heavy (non-hydrogen) atoms. The highest BCUT2D eigenvalue weighted by Crippen LogP contribution is 2.33. The summed E-state index contributed by atoms with van der Waals surface area (Å²) in [6.45, 7) is 3.60. The number of nitrogens with one attached hydrogen (secondary N) is 2. The van der Waals surface area contributed by atoms with Gasteiger partial charge in [-0.1, -0.05) is 0 Å². The van der Waals surface area contributed by atoms with Crippen molar-refractivity contribution in [2.24, 2.45) is 0 Å². The standard InChI is InChI=1S/C11H12Br2N4O2S/c1-5-6(2)15-16-11(5)17-20(18,19)10-8(12)3-7(14)4-9(10)13/h3-4H,14H2,1-2H3,(H2,15,16,17). The molecule has 108 valence electrons. The van der Waals surface area contributed by atoms with E-state index in [2.05, 4.69) is 46.8 Å². The normalized spacial score (nSPS) is 11.6. The van der Waals surface area contributed by atoms with Gasteiger partial charge in [0, 0.05) is 25.9 Å². The van der Waals surface area contributed by atoms with Crippen LogP contribution in [0, 0.1) is 13.8 Å². The van der Waals surface area contributed by atoms with Crippen molar-refractivity contribution in [3.63, 3.8) is 0 Å². The number of benzene rings is 1. The summed E-state index contributed by atoms with van der Waals surface area (Å²) in [7, 11) is -3.78. The zero-order valence-corrected chi connectivity index (χ0v) is 14.6. The van der Waals surface area contributed by atoms with Crippen LogP contribution in [-0.2, 0) is 10.0 Å². The van der Waals surface area contributed by atoms with Crippen LogP contribution in [0.5, 0.6) is 0 Å². The third kappa shape index (κ3) is 2.84. The van der Waals surface area contributed by atoms with Gasteiger partial charge < -0.3 is 5.73 Å². The Labute approximate surface area is 133 Å². The lowest BCUT2D eigenvalue weighted by molar-refractivity contribution is 0.600. The molecular formula is C11H12Br2N4O2S. The Kier molecular flexibility index (Phi) is 4.12. The maximum absolute atomic E-state index is 12.5. The van der Waals surface area contributed by atoms with Crippen molar-refractivity contribution in [3.05, 3.63) is 32.3 Å². The highest BCUT2D eigenvalue weighted by atomic mass is 79.9. The van der Waals surface area contributed by atoms with Gasteiger partial charge in [0.25, 0.3) is 10.0 Å². The minimum Gasteiger partial charge on any atom is -0.399 e. The number of nitrogens with zero attached hydrogens (tertiary/aromatic N) is 1. The van der Waals surface area contributed by atoms with Crippen molar-refractivity contribution in [2.45, 2.75) is 18.7 Å². The Balaban J connectivity index is 2.49. The Morgan fingerprint density at radius 2 is 1.80 bits per heavy atom. The van der Waals surface area contributed by atoms with E-state index < -0.39 is 10.0 Å². The number of nitrogen functional groups attached to an aromatic ring is 1. The number of aryl methyl sites for hydroxylation is 1. The number of rotatable bonds is 3. The second-order valence-electron chi connectivity index (χ2n) is 4.24. The zero-order chi connectivity index (χ0) is 15.1. The number of nitrogens with two attached hydrogens (primary N) is 1. The largest absolute Gasteiger partial charge is 0.399 e. The number of aromatic amines is 1. The van der Waals surface area contributed by atoms with Crippen molar-refractivity contribution >= 4 is 53.4 Å². The maximum Gasteiger partial charge on any atom is 0.265 e. The Bertz CT molecular complexity index is 748. The Morgan fingerprint density at radius 3 is 2.25 bits per heavy atom. The lowest BCUT2D eigenvalue weighted by Crippen LogP contribution is -2.15. The minimum absolute atomic E-state index is 0.0757. The van der Waals surface area contributed by atoms with Gasteiger partial charge >= 0.3 is 0 Å². The number of halogens is 2. The molecule has 1 aromatic heterocycles. The van der Waals surface area contributed by atoms with E-state index in [9.17, 15) is 8.42 Å². The minimum atomic E-state index is -3.78. The number of hydrogen-bond donors (Lipinski definition) is 3. The highest BCUT2D eigenvalue weighted by molar-refractivity contribution is 9.11. The monoisotopic (exact) mass is 422 g/mol. The lowest BCUT2D eigenvalue weighted by Gasteiger charge is -2.11. The number of anilines is 2. The smallest absolute Gasteiger partial charge is 0.265 e. The molecule has 1 aromatic carbocycles. The van der Waals surface area contributed by atoms with Gasteiger partial charge in [0.15, 0.2) is 5.82 Å². The van der Waals surface area contributed by atoms with Crippen LogP contribution >= 0.6 is 31.9 Å². The Hall–Kier alpha value is -1.06. The molecule has 0 aliphatic heterocycles. The molecule has 0 aliphatic carbocycles. The van der Waals surface area contributed by atoms with Gasteiger partial charge in [0.1, 0.15) is 4.90 Å². The molecule has 0 amide bonds. The third-order valence-corrected chi connectivity index (χ3v) is 5.99. The van der Waals surface area contributed by atoms with E-state index >= 15 is 0 Å². The van der Waals surface area contributed by atoms with Crippen molar-refractivity contribution in [3.8, 4) is 0 Å². The van der Waals surface area contributed by atoms with Crippen LogP contribution in [0.1, 0.15) is 11.3 Å². The zero-order valence-electron chi connectivity index (χ0n) is 10.7. The van der Waals surface area contributed by atoms with Gasteiger partial charge in [-0.05, 0) is 57.8 Å². The first-order valence-electron chi connectivity index (χ1n) is 5.51. The van der Waals surface area contributed by atoms with Crippen LogP contribution in [-0.4, -0.2) is 18.6 Å². The van der Waals surface area contributed by atoms with Crippen molar-refractivity contribution in [2.75, 3.05) is 10.5 Å². The second-order valence-corrected chi connectivity index (χ2v) is 7.57. The van der Waals surface area contributed by atoms with Gasteiger partial charge in [-0.15, -0.1) is 0 Å². The van der Waals surface area contributed by atoms with Crippen LogP contribution < -0.4 is 10.5 Å². The summed E-state index contributed by atoms with van der Waals surface area (Å²) in [5, 5.41) is 6.66. The molecule has 0 radical (unpaired) electrons. The molecule has 0 unspecified atom stereocenters. The molecule has 0 aliphatic rings. The van der Waals surface area contributed by atoms with E-state index in [-0.39, 0.29) is 10.7 Å². The topological polar surface area (TPSA) is 101 Å².